The van der Waals surface area contributed by atoms with Gasteiger partial charge in [0.05, 0.1) is 19.8 Å². The van der Waals surface area contributed by atoms with Crippen LogP contribution < -0.4 is 0 Å². The normalized spacial score (nSPS) is 24.7. The highest BCUT2D eigenvalue weighted by molar-refractivity contribution is 5.10. The molecule has 0 amide bonds. The lowest BCUT2D eigenvalue weighted by Gasteiger charge is -2.24. The Kier molecular flexibility index (Phi) is 2.65. The second kappa shape index (κ2) is 3.93. The quantitative estimate of drug-likeness (QED) is 0.531. The van der Waals surface area contributed by atoms with Crippen LogP contribution in [0.2, 0.25) is 0 Å². The van der Waals surface area contributed by atoms with Crippen molar-refractivity contribution in [2.24, 2.45) is 5.92 Å². The summed E-state index contributed by atoms with van der Waals surface area (Å²) in [5.41, 5.74) is 0. The molecule has 12 heavy (non-hydrogen) atoms. The average Bonchev–Trinajstić information content (AvgIpc) is 2.90. The summed E-state index contributed by atoms with van der Waals surface area (Å²) >= 11 is 0. The number of hydrogen-bond donors (Lipinski definition) is 0. The Labute approximate surface area is 73.9 Å². The van der Waals surface area contributed by atoms with Gasteiger partial charge in [-0.15, -0.1) is 0 Å². The highest BCUT2D eigenvalue weighted by Crippen LogP contribution is 2.27. The molecule has 0 spiro atoms. The number of morpholine rings is 1. The third-order valence-corrected chi connectivity index (χ3v) is 2.29. The van der Waals surface area contributed by atoms with Crippen LogP contribution in [0.3, 0.4) is 0 Å². The number of ether oxygens (including phenoxy) is 1. The van der Waals surface area contributed by atoms with Gasteiger partial charge in [-0.25, -0.2) is 0 Å². The van der Waals surface area contributed by atoms with Gasteiger partial charge in [0, 0.05) is 19.0 Å². The lowest BCUT2D eigenvalue weighted by Crippen LogP contribution is -2.36. The first kappa shape index (κ1) is 8.10. The van der Waals surface area contributed by atoms with Crippen LogP contribution in [0.1, 0.15) is 12.8 Å². The van der Waals surface area contributed by atoms with Crippen molar-refractivity contribution in [3.63, 3.8) is 0 Å². The molecule has 0 aromatic carbocycles. The fourth-order valence-corrected chi connectivity index (χ4v) is 1.29. The van der Waals surface area contributed by atoms with Gasteiger partial charge in [-0.05, 0) is 12.8 Å². The van der Waals surface area contributed by atoms with Crippen molar-refractivity contribution in [1.29, 1.82) is 0 Å². The first-order valence-corrected chi connectivity index (χ1v) is 4.73. The van der Waals surface area contributed by atoms with E-state index in [0.717, 1.165) is 38.8 Å². The molecule has 2 rings (SSSR count). The topological polar surface area (TPSA) is 12.5 Å². The highest BCUT2D eigenvalue weighted by Gasteiger charge is 2.17. The van der Waals surface area contributed by atoms with Crippen molar-refractivity contribution in [1.82, 2.24) is 4.90 Å². The summed E-state index contributed by atoms with van der Waals surface area (Å²) in [4.78, 5) is 2.36. The molecule has 2 nitrogen and oxygen atoms in total. The second-order valence-corrected chi connectivity index (χ2v) is 3.48. The predicted molar refractivity (Wildman–Crippen MR) is 47.8 cm³/mol. The standard InChI is InChI=1S/C10H15NO/c1(2-10-3-4-10)5-11-6-8-12-9-7-11/h10H,3-9H2. The molecule has 1 saturated heterocycles. The maximum atomic E-state index is 5.25. The van der Waals surface area contributed by atoms with Gasteiger partial charge >= 0.3 is 0 Å². The second-order valence-electron chi connectivity index (χ2n) is 3.48. The predicted octanol–water partition coefficient (Wildman–Crippen LogP) is 0.732. The molecule has 66 valence electrons. The third-order valence-electron chi connectivity index (χ3n) is 2.29. The van der Waals surface area contributed by atoms with Gasteiger partial charge < -0.3 is 4.74 Å². The minimum Gasteiger partial charge on any atom is -0.379 e. The van der Waals surface area contributed by atoms with Crippen LogP contribution in [0.15, 0.2) is 0 Å². The molecule has 1 aliphatic heterocycles. The summed E-state index contributed by atoms with van der Waals surface area (Å²) < 4.78 is 5.25. The molecule has 0 aromatic heterocycles. The van der Waals surface area contributed by atoms with Crippen LogP contribution >= 0.6 is 0 Å². The molecule has 0 N–H and O–H groups in total. The SMILES string of the molecule is C(#CC1CC1)CN1CCOCC1. The Morgan fingerprint density at radius 3 is 2.67 bits per heavy atom. The molecule has 2 heteroatoms. The third kappa shape index (κ3) is 2.51. The van der Waals surface area contributed by atoms with Crippen molar-refractivity contribution in [3.8, 4) is 11.8 Å². The number of rotatable bonds is 1. The van der Waals surface area contributed by atoms with Crippen molar-refractivity contribution >= 4 is 0 Å². The molecular formula is C10H15NO. The van der Waals surface area contributed by atoms with Crippen LogP contribution in [-0.4, -0.2) is 37.7 Å². The maximum absolute atomic E-state index is 5.25. The van der Waals surface area contributed by atoms with E-state index in [1.54, 1.807) is 0 Å². The Bertz CT molecular complexity index is 194. The van der Waals surface area contributed by atoms with Crippen molar-refractivity contribution in [2.45, 2.75) is 12.8 Å². The van der Waals surface area contributed by atoms with Gasteiger partial charge in [0.15, 0.2) is 0 Å². The van der Waals surface area contributed by atoms with Gasteiger partial charge in [0.1, 0.15) is 0 Å². The molecule has 0 aromatic rings. The lowest BCUT2D eigenvalue weighted by atomic mass is 10.4. The van der Waals surface area contributed by atoms with Gasteiger partial charge in [0.25, 0.3) is 0 Å². The van der Waals surface area contributed by atoms with E-state index >= 15 is 0 Å². The zero-order valence-corrected chi connectivity index (χ0v) is 7.38. The summed E-state index contributed by atoms with van der Waals surface area (Å²) in [6.07, 6.45) is 2.66. The smallest absolute Gasteiger partial charge is 0.0603 e. The van der Waals surface area contributed by atoms with E-state index in [1.165, 1.54) is 12.8 Å². The van der Waals surface area contributed by atoms with E-state index in [0.29, 0.717) is 0 Å². The molecule has 2 aliphatic rings. The average molecular weight is 165 g/mol. The van der Waals surface area contributed by atoms with E-state index < -0.39 is 0 Å². The van der Waals surface area contributed by atoms with E-state index in [2.05, 4.69) is 16.7 Å². The molecular weight excluding hydrogens is 150 g/mol. The summed E-state index contributed by atoms with van der Waals surface area (Å²) in [5, 5.41) is 0. The highest BCUT2D eigenvalue weighted by atomic mass is 16.5. The van der Waals surface area contributed by atoms with Crippen LogP contribution in [0, 0.1) is 17.8 Å². The Morgan fingerprint density at radius 2 is 2.00 bits per heavy atom. The first-order chi connectivity index (χ1) is 5.95. The monoisotopic (exact) mass is 165 g/mol. The number of hydrogen-bond acceptors (Lipinski definition) is 2. The summed E-state index contributed by atoms with van der Waals surface area (Å²) in [5.74, 6) is 7.25. The molecule has 0 unspecified atom stereocenters. The van der Waals surface area contributed by atoms with Crippen LogP contribution in [-0.2, 0) is 4.74 Å². The van der Waals surface area contributed by atoms with Crippen molar-refractivity contribution in [3.05, 3.63) is 0 Å². The van der Waals surface area contributed by atoms with E-state index in [9.17, 15) is 0 Å². The fourth-order valence-electron chi connectivity index (χ4n) is 1.29. The van der Waals surface area contributed by atoms with E-state index in [-0.39, 0.29) is 0 Å². The first-order valence-electron chi connectivity index (χ1n) is 4.73. The van der Waals surface area contributed by atoms with Crippen molar-refractivity contribution < 1.29 is 4.74 Å². The molecule has 2 fully saturated rings. The van der Waals surface area contributed by atoms with Crippen LogP contribution in [0.4, 0.5) is 0 Å². The zero-order valence-electron chi connectivity index (χ0n) is 7.38. The molecule has 0 atom stereocenters. The fraction of sp³-hybridized carbons (Fsp3) is 0.800. The lowest BCUT2D eigenvalue weighted by molar-refractivity contribution is 0.0443. The molecule has 0 radical (unpaired) electrons. The van der Waals surface area contributed by atoms with Gasteiger partial charge in [0.2, 0.25) is 0 Å². The summed E-state index contributed by atoms with van der Waals surface area (Å²) in [7, 11) is 0. The minimum atomic E-state index is 0.742. The summed E-state index contributed by atoms with van der Waals surface area (Å²) in [6, 6.07) is 0. The largest absolute Gasteiger partial charge is 0.379 e. The molecule has 1 heterocycles. The van der Waals surface area contributed by atoms with Crippen LogP contribution in [0.25, 0.3) is 0 Å². The van der Waals surface area contributed by atoms with Gasteiger partial charge in [-0.1, -0.05) is 11.8 Å². The zero-order chi connectivity index (χ0) is 8.23. The molecule has 1 aliphatic carbocycles. The summed E-state index contributed by atoms with van der Waals surface area (Å²) in [6.45, 7) is 4.81. The number of nitrogens with zero attached hydrogens (tertiary/aromatic N) is 1. The maximum Gasteiger partial charge on any atom is 0.0603 e. The molecule has 0 bridgehead atoms. The van der Waals surface area contributed by atoms with Gasteiger partial charge in [-0.2, -0.15) is 0 Å². The van der Waals surface area contributed by atoms with E-state index in [1.807, 2.05) is 0 Å². The van der Waals surface area contributed by atoms with Gasteiger partial charge in [-0.3, -0.25) is 4.90 Å². The molecule has 1 saturated carbocycles. The Balaban J connectivity index is 1.67. The van der Waals surface area contributed by atoms with Crippen LogP contribution in [0.5, 0.6) is 0 Å². The Hall–Kier alpha value is -0.520. The van der Waals surface area contributed by atoms with Crippen molar-refractivity contribution in [2.75, 3.05) is 32.8 Å². The van der Waals surface area contributed by atoms with E-state index in [4.69, 9.17) is 4.74 Å². The minimum absolute atomic E-state index is 0.742. The Morgan fingerprint density at radius 1 is 1.25 bits per heavy atom.